The van der Waals surface area contributed by atoms with Gasteiger partial charge in [0, 0.05) is 5.75 Å². The van der Waals surface area contributed by atoms with E-state index >= 15 is 0 Å². The minimum absolute atomic E-state index is 0.833. The number of thioether (sulfide) groups is 1. The van der Waals surface area contributed by atoms with Gasteiger partial charge in [0.2, 0.25) is 0 Å². The molecule has 0 aromatic rings. The molecule has 0 aliphatic heterocycles. The molecule has 46 valence electrons. The number of hydrogen-bond acceptors (Lipinski definition) is 2. The lowest BCUT2D eigenvalue weighted by Crippen LogP contribution is -1.85. The van der Waals surface area contributed by atoms with Crippen molar-refractivity contribution in [1.29, 1.82) is 0 Å². The Kier molecular flexibility index (Phi) is 4.76. The molecule has 0 radical (unpaired) electrons. The van der Waals surface area contributed by atoms with Crippen molar-refractivity contribution < 1.29 is 4.79 Å². The average Bonchev–Trinajstić information content (AvgIpc) is 1.83. The largest absolute Gasteiger partial charge is 0.298 e. The second kappa shape index (κ2) is 4.91. The van der Waals surface area contributed by atoms with Crippen LogP contribution in [0.25, 0.3) is 0 Å². The van der Waals surface area contributed by atoms with Gasteiger partial charge in [0.25, 0.3) is 0 Å². The van der Waals surface area contributed by atoms with Crippen molar-refractivity contribution in [3.05, 3.63) is 11.6 Å². The molecule has 0 N–H and O–H groups in total. The van der Waals surface area contributed by atoms with Crippen LogP contribution in [0.2, 0.25) is 0 Å². The number of aldehydes is 1. The maximum Gasteiger partial charge on any atom is 0.146 e. The molecule has 0 unspecified atom stereocenters. The zero-order valence-corrected chi connectivity index (χ0v) is 5.99. The van der Waals surface area contributed by atoms with Gasteiger partial charge in [0.15, 0.2) is 0 Å². The van der Waals surface area contributed by atoms with Crippen molar-refractivity contribution in [2.45, 2.75) is 6.92 Å². The summed E-state index contributed by atoms with van der Waals surface area (Å²) >= 11 is 1.66. The van der Waals surface area contributed by atoms with Crippen LogP contribution in [-0.4, -0.2) is 18.3 Å². The standard InChI is InChI=1S/C6H10OS/c1-3-6(4-7)5-8-2/h3-4H,5H2,1-2H3. The quantitative estimate of drug-likeness (QED) is 0.425. The Morgan fingerprint density at radius 3 is 2.50 bits per heavy atom. The Labute approximate surface area is 54.2 Å². The summed E-state index contributed by atoms with van der Waals surface area (Å²) in [5.74, 6) is 0.833. The maximum absolute atomic E-state index is 10.0. The molecule has 1 nitrogen and oxygen atoms in total. The van der Waals surface area contributed by atoms with E-state index < -0.39 is 0 Å². The first-order valence-electron chi connectivity index (χ1n) is 2.44. The van der Waals surface area contributed by atoms with Crippen LogP contribution in [0.15, 0.2) is 11.6 Å². The van der Waals surface area contributed by atoms with Crippen LogP contribution in [0.5, 0.6) is 0 Å². The molecule has 0 heterocycles. The van der Waals surface area contributed by atoms with Gasteiger partial charge < -0.3 is 0 Å². The first-order valence-corrected chi connectivity index (χ1v) is 3.83. The van der Waals surface area contributed by atoms with Gasteiger partial charge in [0.1, 0.15) is 6.29 Å². The zero-order valence-electron chi connectivity index (χ0n) is 5.18. The van der Waals surface area contributed by atoms with E-state index in [1.54, 1.807) is 11.8 Å². The van der Waals surface area contributed by atoms with Crippen LogP contribution < -0.4 is 0 Å². The fourth-order valence-electron chi connectivity index (χ4n) is 0.352. The van der Waals surface area contributed by atoms with Crippen molar-refractivity contribution in [2.75, 3.05) is 12.0 Å². The topological polar surface area (TPSA) is 17.1 Å². The first kappa shape index (κ1) is 7.76. The molecule has 0 aromatic carbocycles. The summed E-state index contributed by atoms with van der Waals surface area (Å²) in [5, 5.41) is 0. The molecule has 0 spiro atoms. The molecule has 0 amide bonds. The van der Waals surface area contributed by atoms with E-state index in [1.165, 1.54) is 0 Å². The number of carbonyl (C=O) groups is 1. The van der Waals surface area contributed by atoms with Crippen molar-refractivity contribution in [3.63, 3.8) is 0 Å². The number of rotatable bonds is 3. The minimum atomic E-state index is 0.833. The highest BCUT2D eigenvalue weighted by molar-refractivity contribution is 7.98. The van der Waals surface area contributed by atoms with Gasteiger partial charge in [-0.2, -0.15) is 11.8 Å². The van der Waals surface area contributed by atoms with Gasteiger partial charge in [0.05, 0.1) is 0 Å². The SMILES string of the molecule is CC=C(C=O)CSC. The molecule has 0 bridgehead atoms. The monoisotopic (exact) mass is 130 g/mol. The van der Waals surface area contributed by atoms with Crippen LogP contribution in [0.3, 0.4) is 0 Å². The molecule has 0 aliphatic rings. The molecule has 0 aliphatic carbocycles. The second-order valence-corrected chi connectivity index (χ2v) is 2.28. The highest BCUT2D eigenvalue weighted by atomic mass is 32.2. The number of hydrogen-bond donors (Lipinski definition) is 0. The summed E-state index contributed by atoms with van der Waals surface area (Å²) in [5.41, 5.74) is 0.873. The lowest BCUT2D eigenvalue weighted by atomic mass is 10.3. The third-order valence-corrected chi connectivity index (χ3v) is 1.46. The average molecular weight is 130 g/mol. The van der Waals surface area contributed by atoms with Crippen molar-refractivity contribution in [3.8, 4) is 0 Å². The fourth-order valence-corrected chi connectivity index (χ4v) is 0.920. The second-order valence-electron chi connectivity index (χ2n) is 1.41. The molecular weight excluding hydrogens is 120 g/mol. The third kappa shape index (κ3) is 2.86. The molecule has 0 rings (SSSR count). The van der Waals surface area contributed by atoms with Crippen molar-refractivity contribution in [2.24, 2.45) is 0 Å². The summed E-state index contributed by atoms with van der Waals surface area (Å²) in [6, 6.07) is 0. The van der Waals surface area contributed by atoms with E-state index in [4.69, 9.17) is 0 Å². The van der Waals surface area contributed by atoms with E-state index in [-0.39, 0.29) is 0 Å². The Morgan fingerprint density at radius 2 is 2.38 bits per heavy atom. The highest BCUT2D eigenvalue weighted by Crippen LogP contribution is 1.99. The minimum Gasteiger partial charge on any atom is -0.298 e. The van der Waals surface area contributed by atoms with Gasteiger partial charge in [-0.3, -0.25) is 4.79 Å². The van der Waals surface area contributed by atoms with Crippen LogP contribution in [-0.2, 0) is 4.79 Å². The summed E-state index contributed by atoms with van der Waals surface area (Å²) in [7, 11) is 0. The molecule has 2 heteroatoms. The van der Waals surface area contributed by atoms with Gasteiger partial charge in [-0.1, -0.05) is 6.08 Å². The molecule has 0 saturated heterocycles. The fraction of sp³-hybridized carbons (Fsp3) is 0.500. The Bertz CT molecular complexity index is 96.7. The normalized spacial score (nSPS) is 11.5. The van der Waals surface area contributed by atoms with Crippen LogP contribution in [0.4, 0.5) is 0 Å². The molecule has 0 fully saturated rings. The lowest BCUT2D eigenvalue weighted by Gasteiger charge is -1.89. The highest BCUT2D eigenvalue weighted by Gasteiger charge is 1.87. The Hall–Kier alpha value is -0.240. The first-order chi connectivity index (χ1) is 3.85. The van der Waals surface area contributed by atoms with Crippen LogP contribution >= 0.6 is 11.8 Å². The molecule has 0 saturated carbocycles. The number of allylic oxidation sites excluding steroid dienone is 1. The van der Waals surface area contributed by atoms with Crippen molar-refractivity contribution in [1.82, 2.24) is 0 Å². The summed E-state index contributed by atoms with van der Waals surface area (Å²) < 4.78 is 0. The molecule has 0 aromatic heterocycles. The van der Waals surface area contributed by atoms with Gasteiger partial charge in [-0.15, -0.1) is 0 Å². The number of carbonyl (C=O) groups excluding carboxylic acids is 1. The van der Waals surface area contributed by atoms with E-state index in [2.05, 4.69) is 0 Å². The van der Waals surface area contributed by atoms with Crippen molar-refractivity contribution >= 4 is 18.0 Å². The van der Waals surface area contributed by atoms with Gasteiger partial charge in [-0.05, 0) is 18.8 Å². The zero-order chi connectivity index (χ0) is 6.41. The smallest absolute Gasteiger partial charge is 0.146 e. The predicted octanol–water partition coefficient (Wildman–Crippen LogP) is 1.49. The summed E-state index contributed by atoms with van der Waals surface area (Å²) in [6.45, 7) is 1.87. The van der Waals surface area contributed by atoms with Gasteiger partial charge >= 0.3 is 0 Å². The third-order valence-electron chi connectivity index (χ3n) is 0.833. The lowest BCUT2D eigenvalue weighted by molar-refractivity contribution is -0.104. The van der Waals surface area contributed by atoms with E-state index in [9.17, 15) is 4.79 Å². The molecular formula is C6H10OS. The van der Waals surface area contributed by atoms with E-state index in [1.807, 2.05) is 19.3 Å². The summed E-state index contributed by atoms with van der Waals surface area (Å²) in [4.78, 5) is 10.0. The Balaban J connectivity index is 3.54. The van der Waals surface area contributed by atoms with E-state index in [0.29, 0.717) is 0 Å². The van der Waals surface area contributed by atoms with Crippen LogP contribution in [0.1, 0.15) is 6.92 Å². The predicted molar refractivity (Wildman–Crippen MR) is 38.2 cm³/mol. The van der Waals surface area contributed by atoms with Gasteiger partial charge in [-0.25, -0.2) is 0 Å². The Morgan fingerprint density at radius 1 is 1.75 bits per heavy atom. The summed E-state index contributed by atoms with van der Waals surface area (Å²) in [6.07, 6.45) is 4.72. The maximum atomic E-state index is 10.0. The van der Waals surface area contributed by atoms with Crippen LogP contribution in [0, 0.1) is 0 Å². The van der Waals surface area contributed by atoms with E-state index in [0.717, 1.165) is 17.6 Å². The molecule has 8 heavy (non-hydrogen) atoms. The molecule has 0 atom stereocenters.